The molecule has 37 heavy (non-hydrogen) atoms. The molecule has 1 amide bonds. The molecule has 0 radical (unpaired) electrons. The van der Waals surface area contributed by atoms with E-state index in [9.17, 15) is 18.0 Å². The summed E-state index contributed by atoms with van der Waals surface area (Å²) in [5.41, 5.74) is -0.0569. The third-order valence-electron chi connectivity index (χ3n) is 9.42. The van der Waals surface area contributed by atoms with Gasteiger partial charge in [-0.25, -0.2) is 17.5 Å². The average Bonchev–Trinajstić information content (AvgIpc) is 3.34. The van der Waals surface area contributed by atoms with Crippen LogP contribution in [0.4, 0.5) is 0 Å². The molecule has 1 saturated heterocycles. The van der Waals surface area contributed by atoms with E-state index in [2.05, 4.69) is 13.8 Å². The molecule has 5 rings (SSSR count). The van der Waals surface area contributed by atoms with Crippen molar-refractivity contribution >= 4 is 28.0 Å². The Balaban J connectivity index is 1.42. The molecule has 2 saturated carbocycles. The number of nitrogens with zero attached hydrogens (tertiary/aromatic N) is 2. The highest BCUT2D eigenvalue weighted by molar-refractivity contribution is 7.89. The van der Waals surface area contributed by atoms with Gasteiger partial charge < -0.3 is 9.64 Å². The van der Waals surface area contributed by atoms with E-state index in [4.69, 9.17) is 4.74 Å². The molecule has 7 nitrogen and oxygen atoms in total. The third kappa shape index (κ3) is 3.67. The van der Waals surface area contributed by atoms with Crippen LogP contribution < -0.4 is 0 Å². The summed E-state index contributed by atoms with van der Waals surface area (Å²) in [6, 6.07) is 16.1. The van der Waals surface area contributed by atoms with Crippen LogP contribution in [0, 0.1) is 16.7 Å². The van der Waals surface area contributed by atoms with Crippen LogP contribution in [0.5, 0.6) is 0 Å². The van der Waals surface area contributed by atoms with Crippen molar-refractivity contribution in [2.24, 2.45) is 16.7 Å². The number of likely N-dealkylation sites (tertiary alicyclic amines) is 1. The zero-order valence-corrected chi connectivity index (χ0v) is 22.6. The molecular formula is C29H34N2O5S. The summed E-state index contributed by atoms with van der Waals surface area (Å²) >= 11 is 0. The maximum absolute atomic E-state index is 13.9. The summed E-state index contributed by atoms with van der Waals surface area (Å²) < 4.78 is 32.1. The molecule has 0 aromatic heterocycles. The van der Waals surface area contributed by atoms with Crippen molar-refractivity contribution in [1.82, 2.24) is 9.21 Å². The summed E-state index contributed by atoms with van der Waals surface area (Å²) in [6.07, 6.45) is 5.85. The van der Waals surface area contributed by atoms with Gasteiger partial charge in [-0.3, -0.25) is 4.79 Å². The Kier molecular flexibility index (Phi) is 6.11. The van der Waals surface area contributed by atoms with Gasteiger partial charge in [-0.15, -0.1) is 0 Å². The number of sulfonamides is 1. The van der Waals surface area contributed by atoms with Gasteiger partial charge in [0, 0.05) is 32.1 Å². The fourth-order valence-corrected chi connectivity index (χ4v) is 8.03. The number of esters is 1. The first-order valence-corrected chi connectivity index (χ1v) is 14.1. The van der Waals surface area contributed by atoms with Crippen molar-refractivity contribution in [1.29, 1.82) is 0 Å². The Morgan fingerprint density at radius 3 is 2.51 bits per heavy atom. The molecule has 3 fully saturated rings. The van der Waals surface area contributed by atoms with E-state index in [1.807, 2.05) is 30.3 Å². The number of amides is 1. The predicted molar refractivity (Wildman–Crippen MR) is 141 cm³/mol. The van der Waals surface area contributed by atoms with Crippen molar-refractivity contribution in [3.8, 4) is 0 Å². The van der Waals surface area contributed by atoms with Gasteiger partial charge in [-0.05, 0) is 59.9 Å². The van der Waals surface area contributed by atoms with Gasteiger partial charge >= 0.3 is 5.97 Å². The second-order valence-electron chi connectivity index (χ2n) is 11.2. The zero-order valence-electron chi connectivity index (χ0n) is 21.8. The van der Waals surface area contributed by atoms with Crippen molar-refractivity contribution in [3.05, 3.63) is 71.8 Å². The molecule has 196 valence electrons. The van der Waals surface area contributed by atoms with Gasteiger partial charge in [0.15, 0.2) is 0 Å². The first-order chi connectivity index (χ1) is 17.5. The van der Waals surface area contributed by atoms with Gasteiger partial charge in [0.05, 0.1) is 4.90 Å². The molecule has 1 heterocycles. The Morgan fingerprint density at radius 1 is 1.11 bits per heavy atom. The van der Waals surface area contributed by atoms with Crippen LogP contribution >= 0.6 is 0 Å². The standard InChI is InChI=1S/C29H34N2O5S/c1-27-20-31(25(32)14-13-21-9-6-5-7-10-21)29(18-23(27)15-16-28(27,29)2)26(33)36-19-22-11-8-12-24(17-22)37(34,35)30(3)4/h5-14,17,23H,15-16,18-20H2,1-4H3. The molecule has 4 atom stereocenters. The van der Waals surface area contributed by atoms with Crippen LogP contribution in [0.15, 0.2) is 65.6 Å². The van der Waals surface area contributed by atoms with Crippen molar-refractivity contribution in [3.63, 3.8) is 0 Å². The van der Waals surface area contributed by atoms with Gasteiger partial charge in [-0.1, -0.05) is 56.3 Å². The SMILES string of the molecule is CN(C)S(=O)(=O)c1cccc(COC(=O)C23CC4CCC2(C)C4(C)CN3C(=O)C=Cc2ccccc2)c1. The van der Waals surface area contributed by atoms with Crippen LogP contribution in [0.2, 0.25) is 0 Å². The number of rotatable bonds is 7. The lowest BCUT2D eigenvalue weighted by atomic mass is 9.65. The van der Waals surface area contributed by atoms with Crippen LogP contribution in [0.1, 0.15) is 44.2 Å². The lowest BCUT2D eigenvalue weighted by Gasteiger charge is -2.45. The number of carbonyl (C=O) groups excluding carboxylic acids is 2. The molecule has 8 heteroatoms. The molecule has 2 aromatic rings. The molecule has 2 aromatic carbocycles. The van der Waals surface area contributed by atoms with E-state index in [0.717, 1.165) is 22.7 Å². The van der Waals surface area contributed by atoms with Gasteiger partial charge in [0.1, 0.15) is 12.1 Å². The molecule has 3 aliphatic rings. The molecular weight excluding hydrogens is 488 g/mol. The number of hydrogen-bond acceptors (Lipinski definition) is 5. The molecule has 1 aliphatic heterocycles. The van der Waals surface area contributed by atoms with E-state index in [-0.39, 0.29) is 28.2 Å². The fraction of sp³-hybridized carbons (Fsp3) is 0.448. The van der Waals surface area contributed by atoms with Crippen molar-refractivity contribution in [2.45, 2.75) is 50.2 Å². The number of benzene rings is 2. The summed E-state index contributed by atoms with van der Waals surface area (Å²) in [5.74, 6) is -0.223. The Bertz CT molecular complexity index is 1370. The lowest BCUT2D eigenvalue weighted by Crippen LogP contribution is -2.61. The highest BCUT2D eigenvalue weighted by Gasteiger charge is 2.81. The maximum atomic E-state index is 13.9. The maximum Gasteiger partial charge on any atom is 0.333 e. The molecule has 4 bridgehead atoms. The molecule has 0 spiro atoms. The Morgan fingerprint density at radius 2 is 1.84 bits per heavy atom. The summed E-state index contributed by atoms with van der Waals surface area (Å²) in [6.45, 7) is 4.82. The smallest absolute Gasteiger partial charge is 0.333 e. The van der Waals surface area contributed by atoms with Crippen LogP contribution in [-0.2, 0) is 31.0 Å². The topological polar surface area (TPSA) is 84.0 Å². The normalized spacial score (nSPS) is 30.4. The second kappa shape index (κ2) is 8.81. The Labute approximate surface area is 219 Å². The van der Waals surface area contributed by atoms with Crippen LogP contribution in [0.25, 0.3) is 6.08 Å². The Hall–Kier alpha value is -2.97. The largest absolute Gasteiger partial charge is 0.459 e. The first-order valence-electron chi connectivity index (χ1n) is 12.7. The van der Waals surface area contributed by atoms with E-state index in [0.29, 0.717) is 24.4 Å². The van der Waals surface area contributed by atoms with Crippen molar-refractivity contribution < 1.29 is 22.7 Å². The second-order valence-corrected chi connectivity index (χ2v) is 13.4. The first kappa shape index (κ1) is 25.7. The van der Waals surface area contributed by atoms with Crippen LogP contribution in [0.3, 0.4) is 0 Å². The summed E-state index contributed by atoms with van der Waals surface area (Å²) in [4.78, 5) is 29.4. The highest BCUT2D eigenvalue weighted by atomic mass is 32.2. The highest BCUT2D eigenvalue weighted by Crippen LogP contribution is 2.76. The predicted octanol–water partition coefficient (Wildman–Crippen LogP) is 4.10. The number of hydrogen-bond donors (Lipinski definition) is 0. The van der Waals surface area contributed by atoms with Crippen LogP contribution in [-0.4, -0.2) is 55.7 Å². The van der Waals surface area contributed by atoms with E-state index in [1.54, 1.807) is 29.2 Å². The minimum atomic E-state index is -3.61. The van der Waals surface area contributed by atoms with Crippen molar-refractivity contribution in [2.75, 3.05) is 20.6 Å². The van der Waals surface area contributed by atoms with Gasteiger partial charge in [-0.2, -0.15) is 0 Å². The zero-order chi connectivity index (χ0) is 26.6. The lowest BCUT2D eigenvalue weighted by molar-refractivity contribution is -0.169. The number of ether oxygens (including phenoxy) is 1. The summed E-state index contributed by atoms with van der Waals surface area (Å²) in [7, 11) is -0.649. The van der Waals surface area contributed by atoms with E-state index < -0.39 is 21.5 Å². The molecule has 4 unspecified atom stereocenters. The fourth-order valence-electron chi connectivity index (χ4n) is 7.06. The quantitative estimate of drug-likeness (QED) is 0.404. The van der Waals surface area contributed by atoms with Gasteiger partial charge in [0.25, 0.3) is 0 Å². The van der Waals surface area contributed by atoms with E-state index in [1.165, 1.54) is 26.2 Å². The monoisotopic (exact) mass is 522 g/mol. The number of piperidine rings is 1. The third-order valence-corrected chi connectivity index (χ3v) is 11.2. The van der Waals surface area contributed by atoms with Gasteiger partial charge in [0.2, 0.25) is 15.9 Å². The molecule has 2 aliphatic carbocycles. The molecule has 0 N–H and O–H groups in total. The minimum Gasteiger partial charge on any atom is -0.459 e. The minimum absolute atomic E-state index is 0.0588. The number of carbonyl (C=O) groups is 2. The summed E-state index contributed by atoms with van der Waals surface area (Å²) in [5, 5.41) is 0. The van der Waals surface area contributed by atoms with E-state index >= 15 is 0 Å². The average molecular weight is 523 g/mol.